The second-order valence-corrected chi connectivity index (χ2v) is 4.13. The van der Waals surface area contributed by atoms with E-state index in [1.165, 1.54) is 7.11 Å². The molecule has 0 spiro atoms. The highest BCUT2D eigenvalue weighted by Gasteiger charge is 2.14. The third kappa shape index (κ3) is 6.50. The Bertz CT molecular complexity index is 260. The minimum absolute atomic E-state index is 0.134. The Morgan fingerprint density at radius 2 is 2.15 bits per heavy atom. The molecule has 0 saturated carbocycles. The minimum Gasteiger partial charge on any atom is -0.468 e. The van der Waals surface area contributed by atoms with Gasteiger partial charge in [0.05, 0.1) is 12.9 Å². The predicted molar refractivity (Wildman–Crippen MR) is 45.6 cm³/mol. The van der Waals surface area contributed by atoms with Crippen molar-refractivity contribution in [3.63, 3.8) is 0 Å². The van der Waals surface area contributed by atoms with Crippen LogP contribution in [-0.4, -0.2) is 37.8 Å². The largest absolute Gasteiger partial charge is 0.468 e. The van der Waals surface area contributed by atoms with Gasteiger partial charge >= 0.3 is 5.97 Å². The van der Waals surface area contributed by atoms with E-state index in [2.05, 4.69) is 4.74 Å². The van der Waals surface area contributed by atoms with Gasteiger partial charge in [-0.25, -0.2) is 0 Å². The van der Waals surface area contributed by atoms with Crippen molar-refractivity contribution in [2.45, 2.75) is 18.9 Å². The molecule has 7 heteroatoms. The molecule has 1 unspecified atom stereocenters. The van der Waals surface area contributed by atoms with E-state index in [9.17, 15) is 13.2 Å². The lowest BCUT2D eigenvalue weighted by Gasteiger charge is -2.07. The zero-order valence-corrected chi connectivity index (χ0v) is 8.08. The number of esters is 1. The molecule has 0 aromatic carbocycles. The Labute approximate surface area is 76.8 Å². The third-order valence-electron chi connectivity index (χ3n) is 1.42. The number of carbonyl (C=O) groups excluding carboxylic acids is 1. The quantitative estimate of drug-likeness (QED) is 0.453. The molecule has 0 rings (SSSR count). The molecular weight excluding hydrogens is 198 g/mol. The average molecular weight is 211 g/mol. The SMILES string of the molecule is COC(=O)C(N)CCCS(=O)(=O)O. The molecule has 6 nitrogen and oxygen atoms in total. The molecule has 0 aliphatic carbocycles. The molecule has 1 atom stereocenters. The van der Waals surface area contributed by atoms with Gasteiger partial charge in [-0.3, -0.25) is 9.35 Å². The molecule has 0 aliphatic rings. The minimum atomic E-state index is -3.96. The molecule has 13 heavy (non-hydrogen) atoms. The van der Waals surface area contributed by atoms with Gasteiger partial charge in [-0.2, -0.15) is 8.42 Å². The fraction of sp³-hybridized carbons (Fsp3) is 0.833. The zero-order chi connectivity index (χ0) is 10.5. The summed E-state index contributed by atoms with van der Waals surface area (Å²) in [6.07, 6.45) is 0.307. The van der Waals surface area contributed by atoms with E-state index < -0.39 is 27.9 Å². The molecule has 0 fully saturated rings. The molecule has 0 aliphatic heterocycles. The van der Waals surface area contributed by atoms with Crippen LogP contribution < -0.4 is 5.73 Å². The molecule has 3 N–H and O–H groups in total. The highest BCUT2D eigenvalue weighted by molar-refractivity contribution is 7.85. The van der Waals surface area contributed by atoms with Gasteiger partial charge in [-0.05, 0) is 12.8 Å². The van der Waals surface area contributed by atoms with Gasteiger partial charge in [0, 0.05) is 0 Å². The van der Waals surface area contributed by atoms with Crippen molar-refractivity contribution < 1.29 is 22.5 Å². The van der Waals surface area contributed by atoms with Gasteiger partial charge in [0.25, 0.3) is 10.1 Å². The standard InChI is InChI=1S/C6H13NO5S/c1-12-6(8)5(7)3-2-4-13(9,10)11/h5H,2-4,7H2,1H3,(H,9,10,11). The number of ether oxygens (including phenoxy) is 1. The van der Waals surface area contributed by atoms with Gasteiger partial charge in [-0.1, -0.05) is 0 Å². The Balaban J connectivity index is 3.72. The number of rotatable bonds is 5. The van der Waals surface area contributed by atoms with Gasteiger partial charge in [0.1, 0.15) is 6.04 Å². The Hall–Kier alpha value is -0.660. The molecule has 0 radical (unpaired) electrons. The summed E-state index contributed by atoms with van der Waals surface area (Å²) in [6.45, 7) is 0. The maximum absolute atomic E-state index is 10.7. The van der Waals surface area contributed by atoms with E-state index in [1.54, 1.807) is 0 Å². The van der Waals surface area contributed by atoms with E-state index in [1.807, 2.05) is 0 Å². The Morgan fingerprint density at radius 3 is 2.54 bits per heavy atom. The topological polar surface area (TPSA) is 107 Å². The third-order valence-corrected chi connectivity index (χ3v) is 2.23. The monoisotopic (exact) mass is 211 g/mol. The maximum Gasteiger partial charge on any atom is 0.322 e. The van der Waals surface area contributed by atoms with Gasteiger partial charge in [0.15, 0.2) is 0 Å². The van der Waals surface area contributed by atoms with Crippen molar-refractivity contribution in [1.29, 1.82) is 0 Å². The van der Waals surface area contributed by atoms with Gasteiger partial charge < -0.3 is 10.5 Å². The van der Waals surface area contributed by atoms with Crippen molar-refractivity contribution in [3.05, 3.63) is 0 Å². The first-order chi connectivity index (χ1) is 5.87. The first-order valence-corrected chi connectivity index (χ1v) is 5.26. The zero-order valence-electron chi connectivity index (χ0n) is 7.26. The number of methoxy groups -OCH3 is 1. The number of carbonyl (C=O) groups is 1. The lowest BCUT2D eigenvalue weighted by Crippen LogP contribution is -2.31. The van der Waals surface area contributed by atoms with Crippen LogP contribution in [-0.2, 0) is 19.6 Å². The molecular formula is C6H13NO5S. The summed E-state index contributed by atoms with van der Waals surface area (Å²) < 4.78 is 33.2. The fourth-order valence-corrected chi connectivity index (χ4v) is 1.29. The highest BCUT2D eigenvalue weighted by atomic mass is 32.2. The van der Waals surface area contributed by atoms with Crippen LogP contribution in [0.15, 0.2) is 0 Å². The van der Waals surface area contributed by atoms with Crippen LogP contribution in [0.25, 0.3) is 0 Å². The summed E-state index contributed by atoms with van der Waals surface area (Å²) in [7, 11) is -2.76. The van der Waals surface area contributed by atoms with Crippen molar-refractivity contribution in [2.24, 2.45) is 5.73 Å². The van der Waals surface area contributed by atoms with E-state index in [-0.39, 0.29) is 12.8 Å². The number of nitrogens with two attached hydrogens (primary N) is 1. The van der Waals surface area contributed by atoms with Crippen LogP contribution in [0, 0.1) is 0 Å². The molecule has 0 amide bonds. The molecule has 0 aromatic rings. The summed E-state index contributed by atoms with van der Waals surface area (Å²) in [4.78, 5) is 10.7. The lowest BCUT2D eigenvalue weighted by atomic mass is 10.2. The smallest absolute Gasteiger partial charge is 0.322 e. The van der Waals surface area contributed by atoms with E-state index in [0.29, 0.717) is 0 Å². The Kier molecular flexibility index (Phi) is 4.89. The van der Waals surface area contributed by atoms with Crippen LogP contribution in [0.2, 0.25) is 0 Å². The Morgan fingerprint density at radius 1 is 1.62 bits per heavy atom. The summed E-state index contributed by atoms with van der Waals surface area (Å²) in [5, 5.41) is 0. The van der Waals surface area contributed by atoms with E-state index >= 15 is 0 Å². The number of hydrogen-bond donors (Lipinski definition) is 2. The van der Waals surface area contributed by atoms with Crippen LogP contribution in [0.4, 0.5) is 0 Å². The van der Waals surface area contributed by atoms with Crippen LogP contribution in [0.5, 0.6) is 0 Å². The van der Waals surface area contributed by atoms with Crippen molar-refractivity contribution in [1.82, 2.24) is 0 Å². The normalized spacial score (nSPS) is 13.8. The van der Waals surface area contributed by atoms with Crippen molar-refractivity contribution in [3.8, 4) is 0 Å². The van der Waals surface area contributed by atoms with Gasteiger partial charge in [0.2, 0.25) is 0 Å². The van der Waals surface area contributed by atoms with Crippen LogP contribution in [0.3, 0.4) is 0 Å². The first-order valence-electron chi connectivity index (χ1n) is 3.65. The summed E-state index contributed by atoms with van der Waals surface area (Å²) in [5.74, 6) is -0.979. The maximum atomic E-state index is 10.7. The van der Waals surface area contributed by atoms with E-state index in [0.717, 1.165) is 0 Å². The number of hydrogen-bond acceptors (Lipinski definition) is 5. The van der Waals surface area contributed by atoms with Gasteiger partial charge in [-0.15, -0.1) is 0 Å². The second kappa shape index (κ2) is 5.15. The fourth-order valence-electron chi connectivity index (χ4n) is 0.755. The van der Waals surface area contributed by atoms with Crippen LogP contribution >= 0.6 is 0 Å². The lowest BCUT2D eigenvalue weighted by molar-refractivity contribution is -0.142. The molecule has 0 heterocycles. The predicted octanol–water partition coefficient (Wildman–Crippen LogP) is -0.845. The second-order valence-electron chi connectivity index (χ2n) is 2.56. The highest BCUT2D eigenvalue weighted by Crippen LogP contribution is 1.98. The first kappa shape index (κ1) is 12.3. The molecule has 0 aromatic heterocycles. The summed E-state index contributed by atoms with van der Waals surface area (Å²) >= 11 is 0. The summed E-state index contributed by atoms with van der Waals surface area (Å²) in [5.41, 5.74) is 5.31. The average Bonchev–Trinajstić information content (AvgIpc) is 2.00. The molecule has 78 valence electrons. The summed E-state index contributed by atoms with van der Waals surface area (Å²) in [6, 6.07) is -0.827. The molecule has 0 bridgehead atoms. The van der Waals surface area contributed by atoms with E-state index in [4.69, 9.17) is 10.3 Å². The molecule has 0 saturated heterocycles. The van der Waals surface area contributed by atoms with Crippen molar-refractivity contribution >= 4 is 16.1 Å². The van der Waals surface area contributed by atoms with Crippen molar-refractivity contribution in [2.75, 3.05) is 12.9 Å². The van der Waals surface area contributed by atoms with Crippen LogP contribution in [0.1, 0.15) is 12.8 Å².